The second-order valence-corrected chi connectivity index (χ2v) is 6.82. The minimum absolute atomic E-state index is 0.0715. The first-order valence-corrected chi connectivity index (χ1v) is 8.32. The van der Waals surface area contributed by atoms with Crippen molar-refractivity contribution in [1.82, 2.24) is 0 Å². The van der Waals surface area contributed by atoms with Crippen molar-refractivity contribution in [1.29, 1.82) is 0 Å². The van der Waals surface area contributed by atoms with Gasteiger partial charge in [-0.2, -0.15) is 8.42 Å². The number of benzene rings is 2. The molecular formula is C14H14O3S2. The highest BCUT2D eigenvalue weighted by Gasteiger charge is 2.04. The van der Waals surface area contributed by atoms with Crippen LogP contribution in [-0.4, -0.2) is 14.7 Å². The average Bonchev–Trinajstić information content (AvgIpc) is 2.37. The zero-order valence-electron chi connectivity index (χ0n) is 10.4. The third-order valence-corrected chi connectivity index (χ3v) is 3.86. The van der Waals surface area contributed by atoms with Crippen LogP contribution in [0.1, 0.15) is 5.56 Å². The van der Waals surface area contributed by atoms with Gasteiger partial charge >= 0.3 is 0 Å². The molecule has 0 fully saturated rings. The molecule has 0 heterocycles. The van der Waals surface area contributed by atoms with Crippen molar-refractivity contribution >= 4 is 21.9 Å². The maximum atomic E-state index is 11.0. The van der Waals surface area contributed by atoms with Gasteiger partial charge in [-0.05, 0) is 29.8 Å². The Hall–Kier alpha value is -1.30. The minimum atomic E-state index is -3.40. The highest BCUT2D eigenvalue weighted by atomic mass is 32.2. The molecule has 0 spiro atoms. The van der Waals surface area contributed by atoms with E-state index in [0.717, 1.165) is 21.6 Å². The standard InChI is InChI=1S/C14H14O3S2/c1-19(15,16)17-11-12-6-5-9-14(10-12)18-13-7-3-2-4-8-13/h2-10H,11H2,1H3. The molecule has 0 N–H and O–H groups in total. The fourth-order valence-corrected chi connectivity index (χ4v) is 2.77. The summed E-state index contributed by atoms with van der Waals surface area (Å²) in [6.07, 6.45) is 1.05. The summed E-state index contributed by atoms with van der Waals surface area (Å²) < 4.78 is 26.7. The zero-order valence-corrected chi connectivity index (χ0v) is 12.1. The van der Waals surface area contributed by atoms with Crippen molar-refractivity contribution in [2.24, 2.45) is 0 Å². The van der Waals surface area contributed by atoms with Gasteiger partial charge in [0.2, 0.25) is 0 Å². The monoisotopic (exact) mass is 294 g/mol. The Balaban J connectivity index is 2.07. The first-order chi connectivity index (χ1) is 9.03. The van der Waals surface area contributed by atoms with Crippen molar-refractivity contribution in [3.05, 3.63) is 60.2 Å². The van der Waals surface area contributed by atoms with Crippen LogP contribution in [0, 0.1) is 0 Å². The lowest BCUT2D eigenvalue weighted by atomic mass is 10.2. The summed E-state index contributed by atoms with van der Waals surface area (Å²) in [5, 5.41) is 0. The topological polar surface area (TPSA) is 43.4 Å². The summed E-state index contributed by atoms with van der Waals surface area (Å²) in [6.45, 7) is 0.0715. The molecule has 0 aliphatic rings. The van der Waals surface area contributed by atoms with Gasteiger partial charge in [-0.3, -0.25) is 4.18 Å². The molecule has 0 aromatic heterocycles. The Morgan fingerprint density at radius 3 is 2.37 bits per heavy atom. The lowest BCUT2D eigenvalue weighted by Gasteiger charge is -2.05. The highest BCUT2D eigenvalue weighted by molar-refractivity contribution is 7.99. The smallest absolute Gasteiger partial charge is 0.264 e. The van der Waals surface area contributed by atoms with E-state index in [4.69, 9.17) is 4.18 Å². The molecule has 0 bridgehead atoms. The van der Waals surface area contributed by atoms with Gasteiger partial charge in [-0.1, -0.05) is 42.1 Å². The molecular weight excluding hydrogens is 280 g/mol. The summed E-state index contributed by atoms with van der Waals surface area (Å²) in [6, 6.07) is 17.7. The Morgan fingerprint density at radius 1 is 1.00 bits per heavy atom. The average molecular weight is 294 g/mol. The molecule has 2 aromatic rings. The molecule has 0 aliphatic heterocycles. The van der Waals surface area contributed by atoms with Crippen LogP contribution in [0.25, 0.3) is 0 Å². The lowest BCUT2D eigenvalue weighted by molar-refractivity contribution is 0.311. The van der Waals surface area contributed by atoms with Crippen molar-refractivity contribution in [3.8, 4) is 0 Å². The molecule has 0 saturated carbocycles. The molecule has 2 aromatic carbocycles. The summed E-state index contributed by atoms with van der Waals surface area (Å²) in [7, 11) is -3.40. The number of rotatable bonds is 5. The van der Waals surface area contributed by atoms with Gasteiger partial charge < -0.3 is 0 Å². The van der Waals surface area contributed by atoms with Crippen molar-refractivity contribution in [3.63, 3.8) is 0 Å². The van der Waals surface area contributed by atoms with Gasteiger partial charge in [-0.15, -0.1) is 0 Å². The maximum absolute atomic E-state index is 11.0. The van der Waals surface area contributed by atoms with Crippen LogP contribution in [0.3, 0.4) is 0 Å². The molecule has 0 saturated heterocycles. The Labute approximate surface area is 117 Å². The van der Waals surface area contributed by atoms with E-state index in [1.54, 1.807) is 11.8 Å². The summed E-state index contributed by atoms with van der Waals surface area (Å²) in [5.41, 5.74) is 0.839. The van der Waals surface area contributed by atoms with Crippen LogP contribution in [0.5, 0.6) is 0 Å². The van der Waals surface area contributed by atoms with Gasteiger partial charge in [0, 0.05) is 9.79 Å². The van der Waals surface area contributed by atoms with E-state index in [1.807, 2.05) is 54.6 Å². The largest absolute Gasteiger partial charge is 0.265 e. The fraction of sp³-hybridized carbons (Fsp3) is 0.143. The molecule has 0 amide bonds. The number of hydrogen-bond donors (Lipinski definition) is 0. The third kappa shape index (κ3) is 5.06. The lowest BCUT2D eigenvalue weighted by Crippen LogP contribution is -2.02. The molecule has 5 heteroatoms. The predicted octanol–water partition coefficient (Wildman–Crippen LogP) is 3.31. The summed E-state index contributed by atoms with van der Waals surface area (Å²) in [5.74, 6) is 0. The van der Waals surface area contributed by atoms with E-state index in [1.165, 1.54) is 0 Å². The second kappa shape index (κ2) is 6.23. The van der Waals surface area contributed by atoms with Crippen molar-refractivity contribution < 1.29 is 12.6 Å². The van der Waals surface area contributed by atoms with Crippen LogP contribution in [0.15, 0.2) is 64.4 Å². The Morgan fingerprint density at radius 2 is 1.68 bits per heavy atom. The van der Waals surface area contributed by atoms with E-state index < -0.39 is 10.1 Å². The van der Waals surface area contributed by atoms with Crippen LogP contribution < -0.4 is 0 Å². The summed E-state index contributed by atoms with van der Waals surface area (Å²) >= 11 is 1.63. The maximum Gasteiger partial charge on any atom is 0.264 e. The first-order valence-electron chi connectivity index (χ1n) is 5.69. The molecule has 2 rings (SSSR count). The minimum Gasteiger partial charge on any atom is -0.265 e. The molecule has 3 nitrogen and oxygen atoms in total. The van der Waals surface area contributed by atoms with Gasteiger partial charge in [-0.25, -0.2) is 0 Å². The van der Waals surface area contributed by atoms with Crippen LogP contribution in [0.2, 0.25) is 0 Å². The molecule has 0 atom stereocenters. The van der Waals surface area contributed by atoms with Crippen LogP contribution in [0.4, 0.5) is 0 Å². The molecule has 19 heavy (non-hydrogen) atoms. The van der Waals surface area contributed by atoms with Gasteiger partial charge in [0.05, 0.1) is 12.9 Å². The van der Waals surface area contributed by atoms with Crippen molar-refractivity contribution in [2.75, 3.05) is 6.26 Å². The van der Waals surface area contributed by atoms with Gasteiger partial charge in [0.25, 0.3) is 10.1 Å². The first kappa shape index (κ1) is 14.1. The van der Waals surface area contributed by atoms with E-state index >= 15 is 0 Å². The zero-order chi connectivity index (χ0) is 13.7. The van der Waals surface area contributed by atoms with E-state index in [-0.39, 0.29) is 6.61 Å². The Kier molecular flexibility index (Phi) is 4.63. The van der Waals surface area contributed by atoms with E-state index in [2.05, 4.69) is 0 Å². The van der Waals surface area contributed by atoms with E-state index in [0.29, 0.717) is 0 Å². The number of hydrogen-bond acceptors (Lipinski definition) is 4. The molecule has 100 valence electrons. The molecule has 0 aliphatic carbocycles. The Bertz CT molecular complexity index is 637. The quantitative estimate of drug-likeness (QED) is 0.794. The predicted molar refractivity (Wildman–Crippen MR) is 76.6 cm³/mol. The second-order valence-electron chi connectivity index (χ2n) is 4.03. The van der Waals surface area contributed by atoms with Crippen molar-refractivity contribution in [2.45, 2.75) is 16.4 Å². The summed E-state index contributed by atoms with van der Waals surface area (Å²) in [4.78, 5) is 2.20. The van der Waals surface area contributed by atoms with Gasteiger partial charge in [0.15, 0.2) is 0 Å². The van der Waals surface area contributed by atoms with Crippen LogP contribution in [-0.2, 0) is 20.9 Å². The normalized spacial score (nSPS) is 11.4. The molecule has 0 radical (unpaired) electrons. The van der Waals surface area contributed by atoms with Gasteiger partial charge in [0.1, 0.15) is 0 Å². The van der Waals surface area contributed by atoms with E-state index in [9.17, 15) is 8.42 Å². The highest BCUT2D eigenvalue weighted by Crippen LogP contribution is 2.27. The third-order valence-electron chi connectivity index (χ3n) is 2.32. The molecule has 0 unspecified atom stereocenters. The fourth-order valence-electron chi connectivity index (χ4n) is 1.50. The SMILES string of the molecule is CS(=O)(=O)OCc1cccc(Sc2ccccc2)c1. The van der Waals surface area contributed by atoms with Crippen LogP contribution >= 0.6 is 11.8 Å².